The predicted octanol–water partition coefficient (Wildman–Crippen LogP) is 3.85. The van der Waals surface area contributed by atoms with Crippen LogP contribution < -0.4 is 26.1 Å². The molecule has 0 bridgehead atoms. The molecule has 5 aromatic rings. The van der Waals surface area contributed by atoms with Crippen LogP contribution in [-0.4, -0.2) is 145 Å². The summed E-state index contributed by atoms with van der Waals surface area (Å²) >= 11 is 0. The van der Waals surface area contributed by atoms with Gasteiger partial charge in [0.25, 0.3) is 18.3 Å². The third-order valence-corrected chi connectivity index (χ3v) is 15.1. The van der Waals surface area contributed by atoms with E-state index in [1.165, 1.54) is 30.7 Å². The molecule has 9 heterocycles. The van der Waals surface area contributed by atoms with Gasteiger partial charge in [-0.05, 0) is 62.6 Å². The van der Waals surface area contributed by atoms with Gasteiger partial charge >= 0.3 is 5.69 Å². The molecule has 1 aromatic carbocycles. The van der Waals surface area contributed by atoms with E-state index in [9.17, 15) is 28.0 Å². The van der Waals surface area contributed by atoms with E-state index in [1.54, 1.807) is 19.3 Å². The summed E-state index contributed by atoms with van der Waals surface area (Å²) < 4.78 is 72.1. The number of ether oxygens (including phenoxy) is 1. The molecule has 6 aliphatic rings. The maximum atomic E-state index is 16.1. The molecule has 356 valence electrons. The van der Waals surface area contributed by atoms with Crippen LogP contribution in [0.2, 0.25) is 0 Å². The number of aryl methyl sites for hydroxylation is 1. The zero-order chi connectivity index (χ0) is 46.4. The molecule has 18 nitrogen and oxygen atoms in total. The molecule has 1 aliphatic carbocycles. The zero-order valence-electron chi connectivity index (χ0n) is 37.1. The van der Waals surface area contributed by atoms with Gasteiger partial charge in [0.05, 0.1) is 65.9 Å². The van der Waals surface area contributed by atoms with Crippen LogP contribution in [0.1, 0.15) is 79.5 Å². The van der Waals surface area contributed by atoms with Crippen molar-refractivity contribution in [1.82, 2.24) is 48.6 Å². The van der Waals surface area contributed by atoms with Gasteiger partial charge in [-0.2, -0.15) is 10.2 Å². The molecular weight excluding hydrogens is 879 g/mol. The minimum atomic E-state index is -2.94. The number of amides is 3. The van der Waals surface area contributed by atoms with E-state index >= 15 is 8.78 Å². The molecule has 5 saturated heterocycles. The van der Waals surface area contributed by atoms with Crippen LogP contribution in [-0.2, 0) is 21.4 Å². The monoisotopic (exact) mass is 931 g/mol. The third-order valence-electron chi connectivity index (χ3n) is 15.1. The number of imide groups is 1. The second-order valence-electron chi connectivity index (χ2n) is 19.4. The van der Waals surface area contributed by atoms with Crippen LogP contribution in [0.15, 0.2) is 47.7 Å². The quantitative estimate of drug-likeness (QED) is 0.153. The van der Waals surface area contributed by atoms with E-state index < -0.39 is 41.9 Å². The first-order valence-electron chi connectivity index (χ1n) is 23.2. The van der Waals surface area contributed by atoms with Crippen molar-refractivity contribution in [3.63, 3.8) is 0 Å². The Labute approximate surface area is 381 Å². The fourth-order valence-electron chi connectivity index (χ4n) is 11.5. The van der Waals surface area contributed by atoms with Gasteiger partial charge in [0.1, 0.15) is 17.4 Å². The Balaban J connectivity index is 0.680. The number of nitrogens with zero attached hydrogens (tertiary/aromatic N) is 11. The van der Waals surface area contributed by atoms with Crippen molar-refractivity contribution in [2.45, 2.75) is 75.4 Å². The lowest BCUT2D eigenvalue weighted by atomic mass is 9.78. The number of nitrogens with one attached hydrogen (secondary N) is 2. The second kappa shape index (κ2) is 16.7. The van der Waals surface area contributed by atoms with E-state index in [2.05, 4.69) is 35.6 Å². The zero-order valence-corrected chi connectivity index (χ0v) is 37.1. The lowest BCUT2D eigenvalue weighted by molar-refractivity contribution is -0.135. The highest BCUT2D eigenvalue weighted by molar-refractivity contribution is 6.08. The number of fused-ring (bicyclic) bond motifs is 2. The number of carbonyl (C=O) groups is 3. The number of carbonyl (C=O) groups excluding carboxylic acids is 3. The number of para-hydroxylation sites is 1. The minimum absolute atomic E-state index is 0.0788. The van der Waals surface area contributed by atoms with E-state index in [0.717, 1.165) is 44.8 Å². The van der Waals surface area contributed by atoms with Crippen molar-refractivity contribution < 1.29 is 36.7 Å². The highest BCUT2D eigenvalue weighted by Gasteiger charge is 2.50. The Morgan fingerprint density at radius 3 is 2.43 bits per heavy atom. The number of alkyl halides is 4. The fraction of sp³-hybridized carbons (Fsp3) is 0.578. The summed E-state index contributed by atoms with van der Waals surface area (Å²) in [5.41, 5.74) is 1.70. The van der Waals surface area contributed by atoms with Gasteiger partial charge in [0.2, 0.25) is 11.8 Å². The molecule has 1 unspecified atom stereocenters. The average molecular weight is 932 g/mol. The molecule has 5 aliphatic heterocycles. The van der Waals surface area contributed by atoms with E-state index in [0.29, 0.717) is 81.0 Å². The van der Waals surface area contributed by atoms with Crippen LogP contribution in [0.4, 0.5) is 34.8 Å². The largest absolute Gasteiger partial charge is 0.380 e. The van der Waals surface area contributed by atoms with Crippen molar-refractivity contribution in [2.75, 3.05) is 87.2 Å². The summed E-state index contributed by atoms with van der Waals surface area (Å²) in [5.74, 6) is -3.56. The Bertz CT molecular complexity index is 2790. The number of piperidine rings is 2. The molecule has 1 spiro atoms. The SMILES string of the molecule is Cn1c(=O)n(C2CCC(=O)NC2=O)c2cccc(N3CCN([C@@H]4CCN(C[C@H]5CC[C@H](n6cc(NC(=O)c7cnn8ccc(N9CC%10(COC%10)C9)nc78)c(C(F)F)n6)CC5)CC4(F)F)CC3)c21. The van der Waals surface area contributed by atoms with Crippen molar-refractivity contribution in [3.05, 3.63) is 64.6 Å². The summed E-state index contributed by atoms with van der Waals surface area (Å²) in [6.07, 6.45) is 5.03. The number of aromatic nitrogens is 7. The molecule has 6 fully saturated rings. The number of benzene rings is 1. The third kappa shape index (κ3) is 7.83. The number of hydrogen-bond donors (Lipinski definition) is 2. The minimum Gasteiger partial charge on any atom is -0.380 e. The molecule has 4 aromatic heterocycles. The number of rotatable bonds is 10. The van der Waals surface area contributed by atoms with E-state index in [4.69, 9.17) is 4.74 Å². The lowest BCUT2D eigenvalue weighted by Crippen LogP contribution is -2.66. The predicted molar refractivity (Wildman–Crippen MR) is 237 cm³/mol. The average Bonchev–Trinajstić information content (AvgIpc) is 3.97. The topological polar surface area (TPSA) is 172 Å². The Morgan fingerprint density at radius 2 is 1.73 bits per heavy atom. The summed E-state index contributed by atoms with van der Waals surface area (Å²) in [5, 5.41) is 13.5. The van der Waals surface area contributed by atoms with Gasteiger partial charge in [-0.15, -0.1) is 0 Å². The molecule has 3 amide bonds. The molecule has 11 rings (SSSR count). The Kier molecular flexibility index (Phi) is 10.9. The summed E-state index contributed by atoms with van der Waals surface area (Å²) in [4.78, 5) is 64.2. The first-order valence-corrected chi connectivity index (χ1v) is 23.2. The maximum absolute atomic E-state index is 16.1. The molecule has 67 heavy (non-hydrogen) atoms. The molecule has 0 radical (unpaired) electrons. The number of likely N-dealkylation sites (tertiary alicyclic amines) is 1. The molecule has 1 saturated carbocycles. The van der Waals surface area contributed by atoms with E-state index in [-0.39, 0.29) is 59.6 Å². The standard InChI is InChI=1S/C45H53F4N13O5/c1-55-38-31(3-2-4-32(38)62(43(55)66)33-9-10-36(63)53-42(33)65)57-15-17-58(18-16-57)34-11-13-56(24-45(34,48)49)20-27-5-7-28(8-6-27)61-21-30(37(54-61)39(46)47)51-41(64)29-19-50-60-14-12-35(52-40(29)60)59-22-44(23-59)25-67-26-44/h2-4,12,14,19,21,27-28,33-34,39H,5-11,13,15-18,20,22-26H2,1H3,(H,51,64)(H,53,63,65)/t27-,28-,33?,34-/m1/s1. The number of halogens is 4. The Morgan fingerprint density at radius 1 is 0.955 bits per heavy atom. The number of imidazole rings is 1. The van der Waals surface area contributed by atoms with Gasteiger partial charge in [-0.1, -0.05) is 6.07 Å². The molecule has 2 atom stereocenters. The summed E-state index contributed by atoms with van der Waals surface area (Å²) in [7, 11) is 1.66. The van der Waals surface area contributed by atoms with Crippen LogP contribution in [0, 0.1) is 11.3 Å². The van der Waals surface area contributed by atoms with Crippen molar-refractivity contribution in [2.24, 2.45) is 18.4 Å². The van der Waals surface area contributed by atoms with Gasteiger partial charge in [0.15, 0.2) is 11.3 Å². The van der Waals surface area contributed by atoms with Gasteiger partial charge in [-0.25, -0.2) is 31.9 Å². The number of piperazine rings is 1. The van der Waals surface area contributed by atoms with Gasteiger partial charge < -0.3 is 19.9 Å². The smallest absolute Gasteiger partial charge is 0.329 e. The van der Waals surface area contributed by atoms with Crippen LogP contribution in [0.5, 0.6) is 0 Å². The first kappa shape index (κ1) is 43.7. The maximum Gasteiger partial charge on any atom is 0.329 e. The highest BCUT2D eigenvalue weighted by Crippen LogP contribution is 2.41. The molecule has 22 heteroatoms. The van der Waals surface area contributed by atoms with Crippen molar-refractivity contribution in [3.8, 4) is 0 Å². The van der Waals surface area contributed by atoms with Crippen LogP contribution in [0.3, 0.4) is 0 Å². The fourth-order valence-corrected chi connectivity index (χ4v) is 11.5. The number of anilines is 3. The lowest BCUT2D eigenvalue weighted by Gasteiger charge is -2.55. The summed E-state index contributed by atoms with van der Waals surface area (Å²) in [6, 6.07) is 5.46. The highest BCUT2D eigenvalue weighted by atomic mass is 19.3. The Hall–Kier alpha value is -5.87. The molecule has 2 N–H and O–H groups in total. The van der Waals surface area contributed by atoms with Crippen molar-refractivity contribution >= 4 is 51.6 Å². The van der Waals surface area contributed by atoms with Crippen molar-refractivity contribution in [1.29, 1.82) is 0 Å². The molecular formula is C45H53F4N13O5. The second-order valence-corrected chi connectivity index (χ2v) is 19.4. The summed E-state index contributed by atoms with van der Waals surface area (Å²) in [6.45, 7) is 5.58. The van der Waals surface area contributed by atoms with Crippen LogP contribution in [0.25, 0.3) is 16.7 Å². The van der Waals surface area contributed by atoms with Crippen LogP contribution >= 0.6 is 0 Å². The number of hydrogen-bond acceptors (Lipinski definition) is 12. The van der Waals surface area contributed by atoms with E-state index in [1.807, 2.05) is 28.0 Å². The first-order chi connectivity index (χ1) is 32.2. The normalized spacial score (nSPS) is 25.8. The van der Waals surface area contributed by atoms with Gasteiger partial charge in [0, 0.05) is 78.2 Å². The van der Waals surface area contributed by atoms with Gasteiger partial charge in [-0.3, -0.25) is 43.3 Å².